The Morgan fingerprint density at radius 2 is 2.39 bits per heavy atom. The number of amides is 1. The number of rotatable bonds is 4. The summed E-state index contributed by atoms with van der Waals surface area (Å²) in [7, 11) is 0. The van der Waals surface area contributed by atoms with Gasteiger partial charge in [0, 0.05) is 11.6 Å². The number of nitrogens with zero attached hydrogens (tertiary/aromatic N) is 1. The molecule has 1 fully saturated rings. The third-order valence-corrected chi connectivity index (χ3v) is 3.85. The van der Waals surface area contributed by atoms with Crippen molar-refractivity contribution < 1.29 is 4.79 Å². The average molecular weight is 267 g/mol. The van der Waals surface area contributed by atoms with Gasteiger partial charge in [-0.15, -0.1) is 0 Å². The summed E-state index contributed by atoms with van der Waals surface area (Å²) in [5, 5.41) is 0.757. The zero-order valence-corrected chi connectivity index (χ0v) is 11.4. The molecule has 1 aromatic rings. The molecule has 3 nitrogen and oxygen atoms in total. The maximum Gasteiger partial charge on any atom is 0.234 e. The molecule has 2 rings (SSSR count). The van der Waals surface area contributed by atoms with Crippen LogP contribution >= 0.6 is 11.6 Å². The lowest BCUT2D eigenvalue weighted by Crippen LogP contribution is -2.41. The molecular weight excluding hydrogens is 248 g/mol. The fourth-order valence-electron chi connectivity index (χ4n) is 2.64. The molecule has 1 saturated heterocycles. The van der Waals surface area contributed by atoms with Gasteiger partial charge in [-0.2, -0.15) is 0 Å². The first kappa shape index (κ1) is 13.4. The van der Waals surface area contributed by atoms with Crippen LogP contribution in [0.5, 0.6) is 0 Å². The monoisotopic (exact) mass is 266 g/mol. The number of carbonyl (C=O) groups excluding carboxylic acids is 1. The van der Waals surface area contributed by atoms with Crippen LogP contribution in [0, 0.1) is 0 Å². The standard InChI is InChI=1S/C14H19ClN2O/c1-10(11-4-2-5-12(15)8-11)9-17-7-3-6-13(17)14(16)18/h2,4-5,8,10,13H,3,6-7,9H2,1H3,(H2,16,18)/t10-,13-/m1/s1. The van der Waals surface area contributed by atoms with Gasteiger partial charge in [-0.1, -0.05) is 30.7 Å². The van der Waals surface area contributed by atoms with E-state index in [-0.39, 0.29) is 11.9 Å². The lowest BCUT2D eigenvalue weighted by Gasteiger charge is -2.25. The topological polar surface area (TPSA) is 46.3 Å². The number of nitrogens with two attached hydrogens (primary N) is 1. The molecular formula is C14H19ClN2O. The maximum atomic E-state index is 11.3. The van der Waals surface area contributed by atoms with Crippen LogP contribution in [0.1, 0.15) is 31.2 Å². The Balaban J connectivity index is 2.03. The van der Waals surface area contributed by atoms with Gasteiger partial charge in [-0.3, -0.25) is 9.69 Å². The molecule has 98 valence electrons. The summed E-state index contributed by atoms with van der Waals surface area (Å²) >= 11 is 6.00. The number of hydrogen-bond donors (Lipinski definition) is 1. The zero-order valence-electron chi connectivity index (χ0n) is 10.6. The molecule has 4 heteroatoms. The summed E-state index contributed by atoms with van der Waals surface area (Å²) in [4.78, 5) is 13.5. The molecule has 1 aliphatic heterocycles. The average Bonchev–Trinajstić information content (AvgIpc) is 2.77. The van der Waals surface area contributed by atoms with Crippen molar-refractivity contribution >= 4 is 17.5 Å². The van der Waals surface area contributed by atoms with Crippen molar-refractivity contribution in [2.75, 3.05) is 13.1 Å². The smallest absolute Gasteiger partial charge is 0.234 e. The van der Waals surface area contributed by atoms with E-state index in [9.17, 15) is 4.79 Å². The summed E-state index contributed by atoms with van der Waals surface area (Å²) in [6, 6.07) is 7.81. The van der Waals surface area contributed by atoms with Gasteiger partial charge in [0.05, 0.1) is 6.04 Å². The molecule has 2 N–H and O–H groups in total. The summed E-state index contributed by atoms with van der Waals surface area (Å²) in [5.41, 5.74) is 6.63. The van der Waals surface area contributed by atoms with Crippen LogP contribution in [0.3, 0.4) is 0 Å². The molecule has 0 saturated carbocycles. The van der Waals surface area contributed by atoms with Crippen LogP contribution in [0.15, 0.2) is 24.3 Å². The van der Waals surface area contributed by atoms with Crippen LogP contribution in [-0.2, 0) is 4.79 Å². The second kappa shape index (κ2) is 5.72. The molecule has 1 aliphatic rings. The normalized spacial score (nSPS) is 22.0. The lowest BCUT2D eigenvalue weighted by atomic mass is 10.0. The van der Waals surface area contributed by atoms with E-state index in [0.717, 1.165) is 31.0 Å². The summed E-state index contributed by atoms with van der Waals surface area (Å²) in [6.07, 6.45) is 1.94. The van der Waals surface area contributed by atoms with E-state index in [1.165, 1.54) is 5.56 Å². The van der Waals surface area contributed by atoms with Gasteiger partial charge >= 0.3 is 0 Å². The summed E-state index contributed by atoms with van der Waals surface area (Å²) in [5.74, 6) is 0.148. The Labute approximate surface area is 113 Å². The van der Waals surface area contributed by atoms with Gasteiger partial charge in [0.15, 0.2) is 0 Å². The first-order valence-corrected chi connectivity index (χ1v) is 6.74. The Morgan fingerprint density at radius 3 is 3.06 bits per heavy atom. The van der Waals surface area contributed by atoms with Gasteiger partial charge < -0.3 is 5.73 Å². The first-order chi connectivity index (χ1) is 8.58. The van der Waals surface area contributed by atoms with E-state index in [2.05, 4.69) is 17.9 Å². The molecule has 0 radical (unpaired) electrons. The third kappa shape index (κ3) is 3.03. The van der Waals surface area contributed by atoms with Crippen molar-refractivity contribution in [1.82, 2.24) is 4.90 Å². The van der Waals surface area contributed by atoms with Crippen molar-refractivity contribution in [2.24, 2.45) is 5.73 Å². The largest absolute Gasteiger partial charge is 0.368 e. The van der Waals surface area contributed by atoms with E-state index in [4.69, 9.17) is 17.3 Å². The molecule has 18 heavy (non-hydrogen) atoms. The number of likely N-dealkylation sites (tertiary alicyclic amines) is 1. The Bertz CT molecular complexity index is 436. The molecule has 0 aromatic heterocycles. The molecule has 0 aliphatic carbocycles. The van der Waals surface area contributed by atoms with Crippen molar-refractivity contribution in [3.63, 3.8) is 0 Å². The maximum absolute atomic E-state index is 11.3. The van der Waals surface area contributed by atoms with Gasteiger partial charge in [0.1, 0.15) is 0 Å². The number of halogens is 1. The number of carbonyl (C=O) groups is 1. The van der Waals surface area contributed by atoms with E-state index in [0.29, 0.717) is 5.92 Å². The van der Waals surface area contributed by atoms with Crippen LogP contribution in [0.25, 0.3) is 0 Å². The van der Waals surface area contributed by atoms with Gasteiger partial charge in [-0.25, -0.2) is 0 Å². The Kier molecular flexibility index (Phi) is 4.25. The quantitative estimate of drug-likeness (QED) is 0.910. The first-order valence-electron chi connectivity index (χ1n) is 6.37. The van der Waals surface area contributed by atoms with Crippen LogP contribution in [0.4, 0.5) is 0 Å². The molecule has 1 aromatic carbocycles. The van der Waals surface area contributed by atoms with E-state index in [1.54, 1.807) is 0 Å². The number of primary amides is 1. The van der Waals surface area contributed by atoms with Crippen LogP contribution in [-0.4, -0.2) is 29.9 Å². The minimum atomic E-state index is -0.203. The SMILES string of the molecule is C[C@H](CN1CCC[C@@H]1C(N)=O)c1cccc(Cl)c1. The van der Waals surface area contributed by atoms with Crippen molar-refractivity contribution in [3.8, 4) is 0 Å². The van der Waals surface area contributed by atoms with Crippen molar-refractivity contribution in [1.29, 1.82) is 0 Å². The van der Waals surface area contributed by atoms with Gasteiger partial charge in [0.25, 0.3) is 0 Å². The highest BCUT2D eigenvalue weighted by atomic mass is 35.5. The molecule has 2 atom stereocenters. The zero-order chi connectivity index (χ0) is 13.1. The minimum Gasteiger partial charge on any atom is -0.368 e. The highest BCUT2D eigenvalue weighted by Gasteiger charge is 2.29. The summed E-state index contributed by atoms with van der Waals surface area (Å²) < 4.78 is 0. The van der Waals surface area contributed by atoms with Crippen LogP contribution in [0.2, 0.25) is 5.02 Å². The third-order valence-electron chi connectivity index (χ3n) is 3.62. The number of benzene rings is 1. The predicted molar refractivity (Wildman–Crippen MR) is 73.7 cm³/mol. The molecule has 1 heterocycles. The molecule has 0 bridgehead atoms. The fraction of sp³-hybridized carbons (Fsp3) is 0.500. The fourth-order valence-corrected chi connectivity index (χ4v) is 2.84. The highest BCUT2D eigenvalue weighted by Crippen LogP contribution is 2.24. The van der Waals surface area contributed by atoms with Crippen molar-refractivity contribution in [3.05, 3.63) is 34.9 Å². The van der Waals surface area contributed by atoms with Crippen LogP contribution < -0.4 is 5.73 Å². The van der Waals surface area contributed by atoms with E-state index in [1.807, 2.05) is 18.2 Å². The van der Waals surface area contributed by atoms with Gasteiger partial charge in [0.2, 0.25) is 5.91 Å². The summed E-state index contributed by atoms with van der Waals surface area (Å²) in [6.45, 7) is 3.97. The molecule has 0 unspecified atom stereocenters. The predicted octanol–water partition coefficient (Wildman–Crippen LogP) is 2.39. The lowest BCUT2D eigenvalue weighted by molar-refractivity contribution is -0.122. The minimum absolute atomic E-state index is 0.0911. The van der Waals surface area contributed by atoms with E-state index >= 15 is 0 Å². The highest BCUT2D eigenvalue weighted by molar-refractivity contribution is 6.30. The van der Waals surface area contributed by atoms with Crippen molar-refractivity contribution in [2.45, 2.75) is 31.7 Å². The second-order valence-corrected chi connectivity index (χ2v) is 5.45. The Hall–Kier alpha value is -1.06. The molecule has 1 amide bonds. The Morgan fingerprint density at radius 1 is 1.61 bits per heavy atom. The number of hydrogen-bond acceptors (Lipinski definition) is 2. The van der Waals surface area contributed by atoms with E-state index < -0.39 is 0 Å². The second-order valence-electron chi connectivity index (χ2n) is 5.01. The molecule has 0 spiro atoms. The van der Waals surface area contributed by atoms with Gasteiger partial charge in [-0.05, 0) is 43.0 Å².